The van der Waals surface area contributed by atoms with Crippen LogP contribution < -0.4 is 5.73 Å². The number of likely N-dealkylation sites (tertiary alicyclic amines) is 1. The third-order valence-corrected chi connectivity index (χ3v) is 3.60. The standard InChI is InChI=1S/C10H20N2O/c1-13-5-4-12-6-8-2-3-10(11)9(8)7-12/h8-10H,2-7,11H2,1H3/t8-,9+,10?/m0/s1. The smallest absolute Gasteiger partial charge is 0.0589 e. The van der Waals surface area contributed by atoms with Crippen molar-refractivity contribution in [2.75, 3.05) is 33.4 Å². The van der Waals surface area contributed by atoms with E-state index in [0.29, 0.717) is 6.04 Å². The molecule has 0 bridgehead atoms. The second-order valence-electron chi connectivity index (χ2n) is 4.42. The molecule has 0 aromatic heterocycles. The molecule has 2 fully saturated rings. The van der Waals surface area contributed by atoms with Gasteiger partial charge in [-0.1, -0.05) is 0 Å². The van der Waals surface area contributed by atoms with E-state index in [2.05, 4.69) is 4.90 Å². The predicted octanol–water partition coefficient (Wildman–Crippen LogP) is 0.302. The van der Waals surface area contributed by atoms with E-state index >= 15 is 0 Å². The van der Waals surface area contributed by atoms with Crippen LogP contribution in [0.15, 0.2) is 0 Å². The van der Waals surface area contributed by atoms with Crippen molar-refractivity contribution in [1.29, 1.82) is 0 Å². The van der Waals surface area contributed by atoms with Gasteiger partial charge in [0.25, 0.3) is 0 Å². The molecule has 3 heteroatoms. The molecule has 0 aromatic rings. The van der Waals surface area contributed by atoms with Gasteiger partial charge in [0.1, 0.15) is 0 Å². The van der Waals surface area contributed by atoms with Crippen molar-refractivity contribution in [2.24, 2.45) is 17.6 Å². The van der Waals surface area contributed by atoms with Gasteiger partial charge in [0.05, 0.1) is 6.61 Å². The maximum atomic E-state index is 6.05. The lowest BCUT2D eigenvalue weighted by Gasteiger charge is -2.17. The highest BCUT2D eigenvalue weighted by molar-refractivity contribution is 4.95. The number of fused-ring (bicyclic) bond motifs is 1. The summed E-state index contributed by atoms with van der Waals surface area (Å²) >= 11 is 0. The summed E-state index contributed by atoms with van der Waals surface area (Å²) in [7, 11) is 1.77. The minimum absolute atomic E-state index is 0.470. The van der Waals surface area contributed by atoms with E-state index in [1.807, 2.05) is 0 Å². The summed E-state index contributed by atoms with van der Waals surface area (Å²) in [6.45, 7) is 4.39. The van der Waals surface area contributed by atoms with Gasteiger partial charge in [-0.25, -0.2) is 0 Å². The highest BCUT2D eigenvalue weighted by Gasteiger charge is 2.40. The average Bonchev–Trinajstić information content (AvgIpc) is 2.65. The molecule has 2 rings (SSSR count). The summed E-state index contributed by atoms with van der Waals surface area (Å²) < 4.78 is 5.08. The first-order valence-corrected chi connectivity index (χ1v) is 5.28. The number of nitrogens with two attached hydrogens (primary N) is 1. The molecule has 0 spiro atoms. The monoisotopic (exact) mass is 184 g/mol. The first-order valence-electron chi connectivity index (χ1n) is 5.28. The Morgan fingerprint density at radius 1 is 1.38 bits per heavy atom. The molecule has 3 nitrogen and oxygen atoms in total. The average molecular weight is 184 g/mol. The van der Waals surface area contributed by atoms with E-state index in [4.69, 9.17) is 10.5 Å². The quantitative estimate of drug-likeness (QED) is 0.685. The lowest BCUT2D eigenvalue weighted by Crippen LogP contribution is -2.31. The Kier molecular flexibility index (Phi) is 2.86. The SMILES string of the molecule is COCCN1C[C@@H]2CCC(N)[C@@H]2C1. The molecule has 2 aliphatic rings. The van der Waals surface area contributed by atoms with Gasteiger partial charge in [0, 0.05) is 32.8 Å². The number of hydrogen-bond donors (Lipinski definition) is 1. The van der Waals surface area contributed by atoms with Crippen LogP contribution in [0.1, 0.15) is 12.8 Å². The molecule has 1 aliphatic heterocycles. The fraction of sp³-hybridized carbons (Fsp3) is 1.00. The van der Waals surface area contributed by atoms with Crippen molar-refractivity contribution in [3.8, 4) is 0 Å². The van der Waals surface area contributed by atoms with Gasteiger partial charge in [-0.2, -0.15) is 0 Å². The second-order valence-corrected chi connectivity index (χ2v) is 4.42. The van der Waals surface area contributed by atoms with Gasteiger partial charge in [-0.15, -0.1) is 0 Å². The molecule has 2 N–H and O–H groups in total. The van der Waals surface area contributed by atoms with Crippen molar-refractivity contribution in [2.45, 2.75) is 18.9 Å². The molecule has 0 radical (unpaired) electrons. The van der Waals surface area contributed by atoms with E-state index in [-0.39, 0.29) is 0 Å². The summed E-state index contributed by atoms with van der Waals surface area (Å²) in [5.74, 6) is 1.66. The minimum Gasteiger partial charge on any atom is -0.383 e. The Morgan fingerprint density at radius 2 is 2.23 bits per heavy atom. The van der Waals surface area contributed by atoms with Crippen LogP contribution in [0.2, 0.25) is 0 Å². The summed E-state index contributed by atoms with van der Waals surface area (Å²) in [6.07, 6.45) is 2.59. The minimum atomic E-state index is 0.470. The summed E-state index contributed by atoms with van der Waals surface area (Å²) in [5, 5.41) is 0. The summed E-state index contributed by atoms with van der Waals surface area (Å²) in [5.41, 5.74) is 6.05. The first kappa shape index (κ1) is 9.44. The summed E-state index contributed by atoms with van der Waals surface area (Å²) in [4.78, 5) is 2.50. The van der Waals surface area contributed by atoms with E-state index in [0.717, 1.165) is 25.0 Å². The molecule has 1 saturated carbocycles. The molecule has 76 valence electrons. The van der Waals surface area contributed by atoms with Crippen LogP contribution in [-0.2, 0) is 4.74 Å². The molecular formula is C10H20N2O. The van der Waals surface area contributed by atoms with Crippen LogP contribution in [0.25, 0.3) is 0 Å². The zero-order chi connectivity index (χ0) is 9.26. The normalized spacial score (nSPS) is 39.7. The number of hydrogen-bond acceptors (Lipinski definition) is 3. The van der Waals surface area contributed by atoms with Crippen molar-refractivity contribution in [1.82, 2.24) is 4.90 Å². The molecule has 1 aliphatic carbocycles. The van der Waals surface area contributed by atoms with Crippen LogP contribution >= 0.6 is 0 Å². The molecule has 0 amide bonds. The van der Waals surface area contributed by atoms with E-state index < -0.39 is 0 Å². The topological polar surface area (TPSA) is 38.5 Å². The van der Waals surface area contributed by atoms with Crippen LogP contribution in [0.4, 0.5) is 0 Å². The molecular weight excluding hydrogens is 164 g/mol. The van der Waals surface area contributed by atoms with Crippen LogP contribution in [-0.4, -0.2) is 44.3 Å². The molecule has 0 aromatic carbocycles. The lowest BCUT2D eigenvalue weighted by molar-refractivity contribution is 0.156. The molecule has 1 heterocycles. The van der Waals surface area contributed by atoms with E-state index in [1.54, 1.807) is 7.11 Å². The maximum absolute atomic E-state index is 6.05. The van der Waals surface area contributed by atoms with Gasteiger partial charge in [0.15, 0.2) is 0 Å². The van der Waals surface area contributed by atoms with Crippen molar-refractivity contribution >= 4 is 0 Å². The Morgan fingerprint density at radius 3 is 2.92 bits per heavy atom. The van der Waals surface area contributed by atoms with Crippen molar-refractivity contribution in [3.63, 3.8) is 0 Å². The van der Waals surface area contributed by atoms with Gasteiger partial charge >= 0.3 is 0 Å². The fourth-order valence-electron chi connectivity index (χ4n) is 2.80. The molecule has 1 saturated heterocycles. The highest BCUT2D eigenvalue weighted by atomic mass is 16.5. The Hall–Kier alpha value is -0.120. The second kappa shape index (κ2) is 3.95. The first-order chi connectivity index (χ1) is 6.31. The Labute approximate surface area is 80.2 Å². The lowest BCUT2D eigenvalue weighted by atomic mass is 9.98. The van der Waals surface area contributed by atoms with E-state index in [9.17, 15) is 0 Å². The largest absolute Gasteiger partial charge is 0.383 e. The van der Waals surface area contributed by atoms with Gasteiger partial charge in [0.2, 0.25) is 0 Å². The Balaban J connectivity index is 1.81. The number of methoxy groups -OCH3 is 1. The maximum Gasteiger partial charge on any atom is 0.0589 e. The summed E-state index contributed by atoms with van der Waals surface area (Å²) in [6, 6.07) is 0.470. The zero-order valence-corrected chi connectivity index (χ0v) is 8.41. The van der Waals surface area contributed by atoms with Gasteiger partial charge < -0.3 is 15.4 Å². The van der Waals surface area contributed by atoms with Crippen LogP contribution in [0.5, 0.6) is 0 Å². The van der Waals surface area contributed by atoms with Crippen molar-refractivity contribution < 1.29 is 4.74 Å². The predicted molar refractivity (Wildman–Crippen MR) is 52.5 cm³/mol. The van der Waals surface area contributed by atoms with E-state index in [1.165, 1.54) is 25.9 Å². The fourth-order valence-corrected chi connectivity index (χ4v) is 2.80. The third-order valence-electron chi connectivity index (χ3n) is 3.60. The zero-order valence-electron chi connectivity index (χ0n) is 8.41. The molecule has 3 atom stereocenters. The highest BCUT2D eigenvalue weighted by Crippen LogP contribution is 2.36. The molecule has 1 unspecified atom stereocenters. The number of nitrogens with zero attached hydrogens (tertiary/aromatic N) is 1. The van der Waals surface area contributed by atoms with Crippen LogP contribution in [0, 0.1) is 11.8 Å². The number of ether oxygens (including phenoxy) is 1. The Bertz CT molecular complexity index is 174. The van der Waals surface area contributed by atoms with Crippen LogP contribution in [0.3, 0.4) is 0 Å². The molecule has 13 heavy (non-hydrogen) atoms. The third kappa shape index (κ3) is 1.87. The van der Waals surface area contributed by atoms with Crippen molar-refractivity contribution in [3.05, 3.63) is 0 Å². The number of rotatable bonds is 3. The van der Waals surface area contributed by atoms with Gasteiger partial charge in [-0.3, -0.25) is 0 Å². The van der Waals surface area contributed by atoms with Gasteiger partial charge in [-0.05, 0) is 24.7 Å².